The third-order valence-electron chi connectivity index (χ3n) is 3.89. The topological polar surface area (TPSA) is 84.9 Å². The highest BCUT2D eigenvalue weighted by atomic mass is 32.2. The molecule has 1 amide bonds. The zero-order valence-electron chi connectivity index (χ0n) is 14.2. The van der Waals surface area contributed by atoms with Crippen LogP contribution in [0.3, 0.4) is 0 Å². The average Bonchev–Trinajstić information content (AvgIpc) is 2.91. The van der Waals surface area contributed by atoms with Crippen LogP contribution in [-0.2, 0) is 19.6 Å². The van der Waals surface area contributed by atoms with E-state index >= 15 is 0 Å². The van der Waals surface area contributed by atoms with Gasteiger partial charge in [-0.1, -0.05) is 12.1 Å². The molecular weight excluding hydrogens is 332 g/mol. The van der Waals surface area contributed by atoms with E-state index < -0.39 is 10.0 Å². The number of aryl methyl sites for hydroxylation is 1. The van der Waals surface area contributed by atoms with E-state index in [0.29, 0.717) is 19.0 Å². The molecule has 1 heterocycles. The second kappa shape index (κ2) is 7.96. The summed E-state index contributed by atoms with van der Waals surface area (Å²) < 4.78 is 36.0. The van der Waals surface area contributed by atoms with Gasteiger partial charge in [-0.05, 0) is 24.6 Å². The quantitative estimate of drug-likeness (QED) is 0.764. The average molecular weight is 356 g/mol. The molecule has 2 unspecified atom stereocenters. The molecule has 0 radical (unpaired) electrons. The standard InChI is InChI=1S/C16H24N2O5S/c1-12-5-4-6-14(7-12)23-10-16(19)17-15-9-22-8-13(15)11-24(20,21)18(2)3/h4-7,13,15H,8-11H2,1-3H3,(H,17,19). The van der Waals surface area contributed by atoms with Crippen molar-refractivity contribution >= 4 is 15.9 Å². The van der Waals surface area contributed by atoms with Crippen LogP contribution < -0.4 is 10.1 Å². The number of ether oxygens (including phenoxy) is 2. The van der Waals surface area contributed by atoms with Crippen LogP contribution in [0.15, 0.2) is 24.3 Å². The van der Waals surface area contributed by atoms with Crippen molar-refractivity contribution in [1.82, 2.24) is 9.62 Å². The number of nitrogens with zero attached hydrogens (tertiary/aromatic N) is 1. The number of hydrogen-bond acceptors (Lipinski definition) is 5. The molecule has 0 aromatic heterocycles. The Morgan fingerprint density at radius 2 is 2.12 bits per heavy atom. The smallest absolute Gasteiger partial charge is 0.258 e. The van der Waals surface area contributed by atoms with Gasteiger partial charge < -0.3 is 14.8 Å². The van der Waals surface area contributed by atoms with E-state index in [2.05, 4.69) is 5.32 Å². The molecule has 1 aliphatic heterocycles. The molecule has 1 aliphatic rings. The van der Waals surface area contributed by atoms with Crippen LogP contribution in [-0.4, -0.2) is 64.3 Å². The molecule has 1 N–H and O–H groups in total. The Kier molecular flexibility index (Phi) is 6.20. The molecular formula is C16H24N2O5S. The van der Waals surface area contributed by atoms with Gasteiger partial charge in [-0.15, -0.1) is 0 Å². The molecule has 1 aromatic rings. The molecule has 0 bridgehead atoms. The summed E-state index contributed by atoms with van der Waals surface area (Å²) in [5, 5.41) is 2.80. The lowest BCUT2D eigenvalue weighted by Crippen LogP contribution is -2.45. The highest BCUT2D eigenvalue weighted by molar-refractivity contribution is 7.89. The predicted molar refractivity (Wildman–Crippen MR) is 90.4 cm³/mol. The van der Waals surface area contributed by atoms with Crippen LogP contribution >= 0.6 is 0 Å². The molecule has 2 atom stereocenters. The first-order valence-electron chi connectivity index (χ1n) is 7.74. The van der Waals surface area contributed by atoms with Crippen molar-refractivity contribution in [1.29, 1.82) is 0 Å². The normalized spacial score (nSPS) is 21.0. The van der Waals surface area contributed by atoms with Crippen LogP contribution in [0, 0.1) is 12.8 Å². The first-order valence-corrected chi connectivity index (χ1v) is 9.35. The minimum Gasteiger partial charge on any atom is -0.484 e. The van der Waals surface area contributed by atoms with Crippen molar-refractivity contribution in [2.75, 3.05) is 39.7 Å². The maximum atomic E-state index is 12.1. The van der Waals surface area contributed by atoms with Gasteiger partial charge in [0, 0.05) is 20.0 Å². The summed E-state index contributed by atoms with van der Waals surface area (Å²) in [4.78, 5) is 12.1. The van der Waals surface area contributed by atoms with Crippen molar-refractivity contribution in [2.45, 2.75) is 13.0 Å². The van der Waals surface area contributed by atoms with Gasteiger partial charge in [-0.25, -0.2) is 12.7 Å². The van der Waals surface area contributed by atoms with E-state index in [0.717, 1.165) is 5.56 Å². The van der Waals surface area contributed by atoms with Crippen molar-refractivity contribution < 1.29 is 22.7 Å². The molecule has 0 aliphatic carbocycles. The fourth-order valence-electron chi connectivity index (χ4n) is 2.44. The third-order valence-corrected chi connectivity index (χ3v) is 5.85. The number of amides is 1. The maximum absolute atomic E-state index is 12.1. The lowest BCUT2D eigenvalue weighted by molar-refractivity contribution is -0.124. The second-order valence-corrected chi connectivity index (χ2v) is 8.37. The van der Waals surface area contributed by atoms with Crippen molar-refractivity contribution in [2.24, 2.45) is 5.92 Å². The number of nitrogens with one attached hydrogen (secondary N) is 1. The van der Waals surface area contributed by atoms with E-state index in [1.54, 1.807) is 6.07 Å². The minimum absolute atomic E-state index is 0.0519. The number of carbonyl (C=O) groups excluding carboxylic acids is 1. The SMILES string of the molecule is Cc1cccc(OCC(=O)NC2COCC2CS(=O)(=O)N(C)C)c1. The fourth-order valence-corrected chi connectivity index (χ4v) is 3.61. The van der Waals surface area contributed by atoms with E-state index in [4.69, 9.17) is 9.47 Å². The summed E-state index contributed by atoms with van der Waals surface area (Å²) in [6.45, 7) is 2.45. The van der Waals surface area contributed by atoms with E-state index in [1.807, 2.05) is 25.1 Å². The van der Waals surface area contributed by atoms with Gasteiger partial charge in [0.15, 0.2) is 6.61 Å². The number of hydrogen-bond donors (Lipinski definition) is 1. The Labute approximate surface area is 143 Å². The third kappa shape index (κ3) is 5.19. The Morgan fingerprint density at radius 3 is 2.79 bits per heavy atom. The molecule has 2 rings (SSSR count). The molecule has 8 heteroatoms. The fraction of sp³-hybridized carbons (Fsp3) is 0.562. The molecule has 134 valence electrons. The highest BCUT2D eigenvalue weighted by Crippen LogP contribution is 2.17. The number of sulfonamides is 1. The predicted octanol–water partition coefficient (Wildman–Crippen LogP) is 0.396. The maximum Gasteiger partial charge on any atom is 0.258 e. The van der Waals surface area contributed by atoms with Gasteiger partial charge in [0.05, 0.1) is 25.0 Å². The number of rotatable bonds is 7. The summed E-state index contributed by atoms with van der Waals surface area (Å²) in [5.74, 6) is 0.0167. The number of benzene rings is 1. The first-order chi connectivity index (χ1) is 11.3. The summed E-state index contributed by atoms with van der Waals surface area (Å²) >= 11 is 0. The first kappa shape index (κ1) is 18.7. The molecule has 1 aromatic carbocycles. The molecule has 24 heavy (non-hydrogen) atoms. The minimum atomic E-state index is -3.34. The Balaban J connectivity index is 1.86. The van der Waals surface area contributed by atoms with Gasteiger partial charge >= 0.3 is 0 Å². The Hall–Kier alpha value is -1.64. The molecule has 1 fully saturated rings. The second-order valence-electron chi connectivity index (χ2n) is 6.14. The van der Waals surface area contributed by atoms with Gasteiger partial charge in [0.25, 0.3) is 5.91 Å². The van der Waals surface area contributed by atoms with Crippen LogP contribution in [0.1, 0.15) is 5.56 Å². The van der Waals surface area contributed by atoms with E-state index in [-0.39, 0.29) is 30.2 Å². The zero-order valence-corrected chi connectivity index (χ0v) is 15.0. The number of carbonyl (C=O) groups is 1. The van der Waals surface area contributed by atoms with E-state index in [9.17, 15) is 13.2 Å². The van der Waals surface area contributed by atoms with Gasteiger partial charge in [0.2, 0.25) is 10.0 Å². The van der Waals surface area contributed by atoms with Gasteiger partial charge in [-0.2, -0.15) is 0 Å². The zero-order chi connectivity index (χ0) is 17.7. The van der Waals surface area contributed by atoms with Crippen LogP contribution in [0.4, 0.5) is 0 Å². The summed E-state index contributed by atoms with van der Waals surface area (Å²) in [6, 6.07) is 7.10. The van der Waals surface area contributed by atoms with Gasteiger partial charge in [0.1, 0.15) is 5.75 Å². The molecule has 1 saturated heterocycles. The summed E-state index contributed by atoms with van der Waals surface area (Å²) in [5.41, 5.74) is 1.05. The lowest BCUT2D eigenvalue weighted by atomic mass is 10.1. The van der Waals surface area contributed by atoms with Crippen LogP contribution in [0.5, 0.6) is 5.75 Å². The van der Waals surface area contributed by atoms with E-state index in [1.165, 1.54) is 18.4 Å². The van der Waals surface area contributed by atoms with Crippen LogP contribution in [0.2, 0.25) is 0 Å². The lowest BCUT2D eigenvalue weighted by Gasteiger charge is -2.21. The summed E-state index contributed by atoms with van der Waals surface area (Å²) in [7, 11) is -0.351. The molecule has 7 nitrogen and oxygen atoms in total. The van der Waals surface area contributed by atoms with Crippen molar-refractivity contribution in [3.05, 3.63) is 29.8 Å². The van der Waals surface area contributed by atoms with Crippen LogP contribution in [0.25, 0.3) is 0 Å². The molecule has 0 spiro atoms. The van der Waals surface area contributed by atoms with Gasteiger partial charge in [-0.3, -0.25) is 4.79 Å². The monoisotopic (exact) mass is 356 g/mol. The Morgan fingerprint density at radius 1 is 1.38 bits per heavy atom. The molecule has 0 saturated carbocycles. The van der Waals surface area contributed by atoms with Crippen molar-refractivity contribution in [3.63, 3.8) is 0 Å². The highest BCUT2D eigenvalue weighted by Gasteiger charge is 2.34. The largest absolute Gasteiger partial charge is 0.484 e. The summed E-state index contributed by atoms with van der Waals surface area (Å²) in [6.07, 6.45) is 0. The van der Waals surface area contributed by atoms with Crippen molar-refractivity contribution in [3.8, 4) is 5.75 Å². The Bertz CT molecular complexity index is 675.